The Morgan fingerprint density at radius 2 is 2.24 bits per heavy atom. The highest BCUT2D eigenvalue weighted by Crippen LogP contribution is 2.15. The van der Waals surface area contributed by atoms with Crippen LogP contribution < -0.4 is 5.32 Å². The van der Waals surface area contributed by atoms with Gasteiger partial charge in [0.2, 0.25) is 0 Å². The molecule has 0 fully saturated rings. The first-order valence-electron chi connectivity index (χ1n) is 6.38. The third-order valence-electron chi connectivity index (χ3n) is 2.85. The highest BCUT2D eigenvalue weighted by Gasteiger charge is 2.21. The molecule has 98 valence electrons. The number of methoxy groups -OCH3 is 1. The molecule has 1 N–H and O–H groups in total. The predicted molar refractivity (Wildman–Crippen MR) is 73.7 cm³/mol. The summed E-state index contributed by atoms with van der Waals surface area (Å²) >= 11 is 1.74. The van der Waals surface area contributed by atoms with Crippen LogP contribution in [0.3, 0.4) is 0 Å². The number of rotatable bonds is 8. The molecule has 2 unspecified atom stereocenters. The molecule has 2 atom stereocenters. The second-order valence-electron chi connectivity index (χ2n) is 4.31. The minimum Gasteiger partial charge on any atom is -0.380 e. The van der Waals surface area contributed by atoms with Gasteiger partial charge in [-0.15, -0.1) is 11.3 Å². The zero-order valence-electron chi connectivity index (χ0n) is 11.3. The van der Waals surface area contributed by atoms with Gasteiger partial charge < -0.3 is 10.1 Å². The predicted octanol–water partition coefficient (Wildman–Crippen LogP) is 2.79. The molecular weight excluding hydrogens is 232 g/mol. The van der Waals surface area contributed by atoms with Crippen LogP contribution in [0.4, 0.5) is 0 Å². The molecule has 0 radical (unpaired) electrons. The summed E-state index contributed by atoms with van der Waals surface area (Å²) in [5.41, 5.74) is 1.12. The van der Waals surface area contributed by atoms with Crippen molar-refractivity contribution in [1.29, 1.82) is 0 Å². The van der Waals surface area contributed by atoms with Gasteiger partial charge in [0, 0.05) is 30.6 Å². The minimum absolute atomic E-state index is 0.282. The number of aryl methyl sites for hydroxylation is 1. The fourth-order valence-corrected chi connectivity index (χ4v) is 2.88. The Hall–Kier alpha value is -0.450. The maximum atomic E-state index is 5.60. The molecule has 0 aliphatic heterocycles. The van der Waals surface area contributed by atoms with E-state index < -0.39 is 0 Å². The summed E-state index contributed by atoms with van der Waals surface area (Å²) in [4.78, 5) is 4.53. The van der Waals surface area contributed by atoms with E-state index in [9.17, 15) is 0 Å². The van der Waals surface area contributed by atoms with Crippen LogP contribution in [0.2, 0.25) is 0 Å². The van der Waals surface area contributed by atoms with Gasteiger partial charge in [0.1, 0.15) is 0 Å². The maximum absolute atomic E-state index is 5.60. The Labute approximate surface area is 109 Å². The molecule has 0 spiro atoms. The van der Waals surface area contributed by atoms with Crippen LogP contribution in [0.5, 0.6) is 0 Å². The van der Waals surface area contributed by atoms with Gasteiger partial charge in [0.25, 0.3) is 0 Å². The Balaban J connectivity index is 2.63. The Bertz CT molecular complexity index is 314. The SMILES string of the molecule is CCCC(OC)C(Cc1nc(C)cs1)NCC. The first kappa shape index (κ1) is 14.6. The highest BCUT2D eigenvalue weighted by atomic mass is 32.1. The number of likely N-dealkylation sites (N-methyl/N-ethyl adjacent to an activating group) is 1. The molecular formula is C13H24N2OS. The minimum atomic E-state index is 0.282. The number of aromatic nitrogens is 1. The maximum Gasteiger partial charge on any atom is 0.0944 e. The van der Waals surface area contributed by atoms with E-state index >= 15 is 0 Å². The molecule has 3 nitrogen and oxygen atoms in total. The lowest BCUT2D eigenvalue weighted by Gasteiger charge is -2.25. The molecule has 4 heteroatoms. The lowest BCUT2D eigenvalue weighted by Crippen LogP contribution is -2.42. The van der Waals surface area contributed by atoms with Crippen molar-refractivity contribution < 1.29 is 4.74 Å². The molecule has 0 saturated heterocycles. The standard InChI is InChI=1S/C13H24N2OS/c1-5-7-12(16-4)11(14-6-2)8-13-15-10(3)9-17-13/h9,11-12,14H,5-8H2,1-4H3. The number of thiazole rings is 1. The van der Waals surface area contributed by atoms with Crippen molar-refractivity contribution in [3.8, 4) is 0 Å². The Kier molecular flexibility index (Phi) is 6.70. The van der Waals surface area contributed by atoms with E-state index in [0.717, 1.165) is 31.5 Å². The van der Waals surface area contributed by atoms with E-state index in [0.29, 0.717) is 6.04 Å². The van der Waals surface area contributed by atoms with Crippen LogP contribution in [-0.2, 0) is 11.2 Å². The molecule has 0 aliphatic carbocycles. The van der Waals surface area contributed by atoms with E-state index in [1.54, 1.807) is 18.4 Å². The van der Waals surface area contributed by atoms with Gasteiger partial charge in [0.15, 0.2) is 0 Å². The summed E-state index contributed by atoms with van der Waals surface area (Å²) < 4.78 is 5.60. The summed E-state index contributed by atoms with van der Waals surface area (Å²) in [6.07, 6.45) is 3.49. The van der Waals surface area contributed by atoms with Crippen molar-refractivity contribution in [2.24, 2.45) is 0 Å². The van der Waals surface area contributed by atoms with E-state index in [1.165, 1.54) is 5.01 Å². The van der Waals surface area contributed by atoms with Gasteiger partial charge in [-0.2, -0.15) is 0 Å². The Morgan fingerprint density at radius 1 is 1.47 bits per heavy atom. The first-order chi connectivity index (χ1) is 8.21. The molecule has 0 aliphatic rings. The number of nitrogens with zero attached hydrogens (tertiary/aromatic N) is 1. The summed E-state index contributed by atoms with van der Waals surface area (Å²) in [5.74, 6) is 0. The normalized spacial score (nSPS) is 14.8. The van der Waals surface area contributed by atoms with E-state index in [-0.39, 0.29) is 6.10 Å². The van der Waals surface area contributed by atoms with Crippen LogP contribution >= 0.6 is 11.3 Å². The average Bonchev–Trinajstić information content (AvgIpc) is 2.71. The summed E-state index contributed by atoms with van der Waals surface area (Å²) in [6.45, 7) is 7.35. The molecule has 17 heavy (non-hydrogen) atoms. The molecule has 1 heterocycles. The second-order valence-corrected chi connectivity index (χ2v) is 5.26. The number of hydrogen-bond acceptors (Lipinski definition) is 4. The molecule has 0 bridgehead atoms. The van der Waals surface area contributed by atoms with Gasteiger partial charge in [-0.1, -0.05) is 20.3 Å². The van der Waals surface area contributed by atoms with Gasteiger partial charge >= 0.3 is 0 Å². The second kappa shape index (κ2) is 7.80. The van der Waals surface area contributed by atoms with Crippen molar-refractivity contribution in [3.05, 3.63) is 16.1 Å². The third-order valence-corrected chi connectivity index (χ3v) is 3.84. The van der Waals surface area contributed by atoms with Gasteiger partial charge in [0.05, 0.1) is 11.1 Å². The largest absolute Gasteiger partial charge is 0.380 e. The van der Waals surface area contributed by atoms with Crippen molar-refractivity contribution in [3.63, 3.8) is 0 Å². The monoisotopic (exact) mass is 256 g/mol. The molecule has 1 aromatic heterocycles. The van der Waals surface area contributed by atoms with Crippen LogP contribution in [-0.4, -0.2) is 30.8 Å². The zero-order valence-corrected chi connectivity index (χ0v) is 12.1. The van der Waals surface area contributed by atoms with E-state index in [1.807, 2.05) is 6.92 Å². The van der Waals surface area contributed by atoms with Crippen molar-refractivity contribution >= 4 is 11.3 Å². The van der Waals surface area contributed by atoms with Crippen molar-refractivity contribution in [2.75, 3.05) is 13.7 Å². The smallest absolute Gasteiger partial charge is 0.0944 e. The third kappa shape index (κ3) is 4.74. The summed E-state index contributed by atoms with van der Waals surface area (Å²) in [6, 6.07) is 0.371. The summed E-state index contributed by atoms with van der Waals surface area (Å²) in [5, 5.41) is 6.83. The fourth-order valence-electron chi connectivity index (χ4n) is 2.05. The first-order valence-corrected chi connectivity index (χ1v) is 7.26. The van der Waals surface area contributed by atoms with Gasteiger partial charge in [-0.05, 0) is 19.9 Å². The fraction of sp³-hybridized carbons (Fsp3) is 0.769. The van der Waals surface area contributed by atoms with Crippen LogP contribution in [0.15, 0.2) is 5.38 Å². The van der Waals surface area contributed by atoms with Crippen molar-refractivity contribution in [2.45, 2.75) is 52.2 Å². The highest BCUT2D eigenvalue weighted by molar-refractivity contribution is 7.09. The van der Waals surface area contributed by atoms with Gasteiger partial charge in [-0.25, -0.2) is 4.98 Å². The zero-order chi connectivity index (χ0) is 12.7. The van der Waals surface area contributed by atoms with Crippen LogP contribution in [0.25, 0.3) is 0 Å². The quantitative estimate of drug-likeness (QED) is 0.776. The molecule has 0 saturated carbocycles. The number of hydrogen-bond donors (Lipinski definition) is 1. The molecule has 0 aromatic carbocycles. The summed E-state index contributed by atoms with van der Waals surface area (Å²) in [7, 11) is 1.80. The molecule has 1 rings (SSSR count). The Morgan fingerprint density at radius 3 is 2.71 bits per heavy atom. The molecule has 1 aromatic rings. The lowest BCUT2D eigenvalue weighted by molar-refractivity contribution is 0.0614. The van der Waals surface area contributed by atoms with Gasteiger partial charge in [-0.3, -0.25) is 0 Å². The van der Waals surface area contributed by atoms with E-state index in [2.05, 4.69) is 29.5 Å². The average molecular weight is 256 g/mol. The van der Waals surface area contributed by atoms with Crippen molar-refractivity contribution in [1.82, 2.24) is 10.3 Å². The van der Waals surface area contributed by atoms with Crippen LogP contribution in [0.1, 0.15) is 37.4 Å². The lowest BCUT2D eigenvalue weighted by atomic mass is 10.0. The van der Waals surface area contributed by atoms with E-state index in [4.69, 9.17) is 4.74 Å². The molecule has 0 amide bonds. The number of nitrogens with one attached hydrogen (secondary N) is 1. The van der Waals surface area contributed by atoms with Crippen LogP contribution in [0, 0.1) is 6.92 Å². The number of ether oxygens (including phenoxy) is 1. The topological polar surface area (TPSA) is 34.1 Å².